The van der Waals surface area contributed by atoms with Gasteiger partial charge < -0.3 is 14.2 Å². The van der Waals surface area contributed by atoms with E-state index in [1.165, 1.54) is 51.0 Å². The minimum Gasteiger partial charge on any atom is -0.462 e. The molecule has 5 heteroatoms. The van der Waals surface area contributed by atoms with Crippen LogP contribution >= 0.6 is 0 Å². The topological polar surface area (TPSA) is 44.8 Å². The molecule has 0 radical (unpaired) electrons. The van der Waals surface area contributed by atoms with Crippen LogP contribution in [0.15, 0.2) is 18.2 Å². The normalized spacial score (nSPS) is 19.0. The van der Waals surface area contributed by atoms with Crippen molar-refractivity contribution in [1.29, 1.82) is 0 Å². The highest BCUT2D eigenvalue weighted by Gasteiger charge is 2.26. The van der Waals surface area contributed by atoms with Crippen LogP contribution in [0.4, 0.5) is 4.39 Å². The van der Waals surface area contributed by atoms with Crippen LogP contribution in [0.5, 0.6) is 0 Å². The van der Waals surface area contributed by atoms with E-state index >= 15 is 0 Å². The first-order valence-electron chi connectivity index (χ1n) is 11.9. The van der Waals surface area contributed by atoms with Gasteiger partial charge in [-0.15, -0.1) is 0 Å². The maximum absolute atomic E-state index is 14.6. The molecule has 0 amide bonds. The van der Waals surface area contributed by atoms with Crippen molar-refractivity contribution in [2.24, 2.45) is 5.92 Å². The second-order valence-electron chi connectivity index (χ2n) is 8.35. The third-order valence-electron chi connectivity index (χ3n) is 5.65. The standard InChI is InChI=1S/C25H39FO4/c1-3-5-7-9-11-13-20-18-29-25(30-19-20)22-15-14-21(17-23(22)26)24(27)28-16-12-10-8-6-4-2/h14-15,17,20,25H,3-13,16,18-19H2,1-2H3. The van der Waals surface area contributed by atoms with Gasteiger partial charge in [0.15, 0.2) is 6.29 Å². The van der Waals surface area contributed by atoms with E-state index in [-0.39, 0.29) is 5.56 Å². The smallest absolute Gasteiger partial charge is 0.338 e. The predicted octanol–water partition coefficient (Wildman–Crippen LogP) is 6.98. The van der Waals surface area contributed by atoms with Crippen molar-refractivity contribution >= 4 is 5.97 Å². The third-order valence-corrected chi connectivity index (χ3v) is 5.65. The Morgan fingerprint density at radius 3 is 2.23 bits per heavy atom. The van der Waals surface area contributed by atoms with E-state index in [4.69, 9.17) is 14.2 Å². The lowest BCUT2D eigenvalue weighted by Crippen LogP contribution is -2.27. The fourth-order valence-electron chi connectivity index (χ4n) is 3.73. The Balaban J connectivity index is 1.73. The van der Waals surface area contributed by atoms with Crippen molar-refractivity contribution in [3.05, 3.63) is 35.1 Å². The number of rotatable bonds is 14. The van der Waals surface area contributed by atoms with Crippen LogP contribution in [-0.2, 0) is 14.2 Å². The van der Waals surface area contributed by atoms with Gasteiger partial charge in [0, 0.05) is 11.5 Å². The molecule has 1 aromatic rings. The maximum Gasteiger partial charge on any atom is 0.338 e. The van der Waals surface area contributed by atoms with Gasteiger partial charge in [0.25, 0.3) is 0 Å². The lowest BCUT2D eigenvalue weighted by molar-refractivity contribution is -0.207. The Kier molecular flexibility index (Phi) is 12.0. The Morgan fingerprint density at radius 2 is 1.60 bits per heavy atom. The van der Waals surface area contributed by atoms with Crippen molar-refractivity contribution in [3.8, 4) is 0 Å². The first-order chi connectivity index (χ1) is 14.7. The Hall–Kier alpha value is -1.46. The summed E-state index contributed by atoms with van der Waals surface area (Å²) in [7, 11) is 0. The van der Waals surface area contributed by atoms with Gasteiger partial charge in [-0.25, -0.2) is 9.18 Å². The fraction of sp³-hybridized carbons (Fsp3) is 0.720. The number of unbranched alkanes of at least 4 members (excludes halogenated alkanes) is 8. The minimum atomic E-state index is -0.704. The molecular weight excluding hydrogens is 383 g/mol. The summed E-state index contributed by atoms with van der Waals surface area (Å²) in [4.78, 5) is 12.1. The van der Waals surface area contributed by atoms with Crippen LogP contribution in [0.25, 0.3) is 0 Å². The van der Waals surface area contributed by atoms with Crippen molar-refractivity contribution in [1.82, 2.24) is 0 Å². The molecule has 1 aliphatic heterocycles. The Bertz CT molecular complexity index is 611. The van der Waals surface area contributed by atoms with Gasteiger partial charge in [0.2, 0.25) is 0 Å². The minimum absolute atomic E-state index is 0.227. The largest absolute Gasteiger partial charge is 0.462 e. The van der Waals surface area contributed by atoms with Crippen molar-refractivity contribution < 1.29 is 23.4 Å². The van der Waals surface area contributed by atoms with Crippen molar-refractivity contribution in [3.63, 3.8) is 0 Å². The average Bonchev–Trinajstić information content (AvgIpc) is 2.76. The first kappa shape index (κ1) is 24.8. The molecule has 0 atom stereocenters. The maximum atomic E-state index is 14.6. The van der Waals surface area contributed by atoms with E-state index in [1.54, 1.807) is 12.1 Å². The van der Waals surface area contributed by atoms with Crippen LogP contribution in [0.1, 0.15) is 107 Å². The second-order valence-corrected chi connectivity index (χ2v) is 8.35. The predicted molar refractivity (Wildman–Crippen MR) is 117 cm³/mol. The molecular formula is C25H39FO4. The van der Waals surface area contributed by atoms with Crippen LogP contribution in [0, 0.1) is 11.7 Å². The highest BCUT2D eigenvalue weighted by molar-refractivity contribution is 5.89. The zero-order chi connectivity index (χ0) is 21.6. The molecule has 1 fully saturated rings. The highest BCUT2D eigenvalue weighted by atomic mass is 19.1. The average molecular weight is 423 g/mol. The molecule has 0 spiro atoms. The van der Waals surface area contributed by atoms with Crippen LogP contribution in [-0.4, -0.2) is 25.8 Å². The van der Waals surface area contributed by atoms with Gasteiger partial charge in [0.1, 0.15) is 5.82 Å². The summed E-state index contributed by atoms with van der Waals surface area (Å²) in [6.07, 6.45) is 12.1. The van der Waals surface area contributed by atoms with Crippen LogP contribution < -0.4 is 0 Å². The quantitative estimate of drug-likeness (QED) is 0.240. The lowest BCUT2D eigenvalue weighted by atomic mass is 10.0. The molecule has 30 heavy (non-hydrogen) atoms. The summed E-state index contributed by atoms with van der Waals surface area (Å²) in [5.41, 5.74) is 0.568. The van der Waals surface area contributed by atoms with E-state index in [9.17, 15) is 9.18 Å². The zero-order valence-electron chi connectivity index (χ0n) is 18.8. The monoisotopic (exact) mass is 422 g/mol. The van der Waals surface area contributed by atoms with E-state index in [2.05, 4.69) is 13.8 Å². The van der Waals surface area contributed by atoms with Crippen molar-refractivity contribution in [2.45, 2.75) is 90.8 Å². The summed E-state index contributed by atoms with van der Waals surface area (Å²) in [5.74, 6) is -0.600. The van der Waals surface area contributed by atoms with E-state index in [0.29, 0.717) is 31.3 Å². The van der Waals surface area contributed by atoms with Gasteiger partial charge in [0.05, 0.1) is 25.4 Å². The Morgan fingerprint density at radius 1 is 0.967 bits per heavy atom. The number of benzene rings is 1. The van der Waals surface area contributed by atoms with E-state index in [0.717, 1.165) is 25.7 Å². The van der Waals surface area contributed by atoms with Gasteiger partial charge in [-0.05, 0) is 25.0 Å². The van der Waals surface area contributed by atoms with E-state index < -0.39 is 18.1 Å². The molecule has 1 aromatic carbocycles. The number of esters is 1. The molecule has 1 heterocycles. The zero-order valence-corrected chi connectivity index (χ0v) is 18.8. The number of carbonyl (C=O) groups excluding carboxylic acids is 1. The van der Waals surface area contributed by atoms with Crippen LogP contribution in [0.2, 0.25) is 0 Å². The van der Waals surface area contributed by atoms with Gasteiger partial charge in [-0.2, -0.15) is 0 Å². The molecule has 170 valence electrons. The van der Waals surface area contributed by atoms with Gasteiger partial charge in [-0.3, -0.25) is 0 Å². The van der Waals surface area contributed by atoms with Gasteiger partial charge in [-0.1, -0.05) is 77.7 Å². The van der Waals surface area contributed by atoms with E-state index in [1.807, 2.05) is 0 Å². The summed E-state index contributed by atoms with van der Waals surface area (Å²) >= 11 is 0. The molecule has 2 rings (SSSR count). The molecule has 0 aliphatic carbocycles. The lowest BCUT2D eigenvalue weighted by Gasteiger charge is -2.30. The SMILES string of the molecule is CCCCCCCOC(=O)c1ccc(C2OCC(CCCCCCC)CO2)c(F)c1. The molecule has 0 unspecified atom stereocenters. The summed E-state index contributed by atoms with van der Waals surface area (Å²) < 4.78 is 31.4. The molecule has 1 aliphatic rings. The molecule has 0 bridgehead atoms. The molecule has 1 saturated heterocycles. The number of halogens is 1. The number of ether oxygens (including phenoxy) is 3. The molecule has 0 saturated carbocycles. The summed E-state index contributed by atoms with van der Waals surface area (Å²) in [6.45, 7) is 5.92. The molecule has 0 N–H and O–H groups in total. The third kappa shape index (κ3) is 8.73. The molecule has 4 nitrogen and oxygen atoms in total. The summed E-state index contributed by atoms with van der Waals surface area (Å²) in [5, 5.41) is 0. The van der Waals surface area contributed by atoms with Gasteiger partial charge >= 0.3 is 5.97 Å². The van der Waals surface area contributed by atoms with Crippen molar-refractivity contribution in [2.75, 3.05) is 19.8 Å². The molecule has 0 aromatic heterocycles. The Labute approximate surface area is 181 Å². The first-order valence-corrected chi connectivity index (χ1v) is 11.9. The number of carbonyl (C=O) groups is 1. The fourth-order valence-corrected chi connectivity index (χ4v) is 3.73. The number of hydrogen-bond acceptors (Lipinski definition) is 4. The van der Waals surface area contributed by atoms with Crippen LogP contribution in [0.3, 0.4) is 0 Å². The highest BCUT2D eigenvalue weighted by Crippen LogP contribution is 2.29. The number of hydrogen-bond donors (Lipinski definition) is 0. The summed E-state index contributed by atoms with van der Waals surface area (Å²) in [6, 6.07) is 4.38. The second kappa shape index (κ2) is 14.5.